The van der Waals surface area contributed by atoms with Crippen molar-refractivity contribution in [2.45, 2.75) is 12.5 Å². The van der Waals surface area contributed by atoms with E-state index in [4.69, 9.17) is 0 Å². The predicted molar refractivity (Wildman–Crippen MR) is 79.8 cm³/mol. The molecule has 4 nitrogen and oxygen atoms in total. The third-order valence-electron chi connectivity index (χ3n) is 3.26. The molecule has 0 aromatic heterocycles. The van der Waals surface area contributed by atoms with Crippen molar-refractivity contribution < 1.29 is 23.1 Å². The van der Waals surface area contributed by atoms with E-state index < -0.39 is 29.6 Å². The van der Waals surface area contributed by atoms with Gasteiger partial charge < -0.3 is 10.1 Å². The highest BCUT2D eigenvalue weighted by Crippen LogP contribution is 2.11. The zero-order chi connectivity index (χ0) is 16.8. The van der Waals surface area contributed by atoms with E-state index in [1.165, 1.54) is 43.5 Å². The van der Waals surface area contributed by atoms with Gasteiger partial charge in [0.2, 0.25) is 0 Å². The second-order valence-corrected chi connectivity index (χ2v) is 4.86. The molecule has 0 aliphatic rings. The first kappa shape index (κ1) is 16.6. The lowest BCUT2D eigenvalue weighted by Gasteiger charge is -2.17. The Labute approximate surface area is 132 Å². The van der Waals surface area contributed by atoms with Crippen molar-refractivity contribution >= 4 is 11.9 Å². The molecule has 1 atom stereocenters. The molecule has 1 amide bonds. The van der Waals surface area contributed by atoms with Crippen LogP contribution < -0.4 is 5.32 Å². The van der Waals surface area contributed by atoms with Gasteiger partial charge in [-0.25, -0.2) is 13.6 Å². The van der Waals surface area contributed by atoms with Gasteiger partial charge in [0.1, 0.15) is 17.7 Å². The molecule has 6 heteroatoms. The summed E-state index contributed by atoms with van der Waals surface area (Å²) >= 11 is 0. The van der Waals surface area contributed by atoms with Crippen LogP contribution in [-0.4, -0.2) is 25.0 Å². The van der Waals surface area contributed by atoms with Gasteiger partial charge in [-0.05, 0) is 29.8 Å². The summed E-state index contributed by atoms with van der Waals surface area (Å²) in [6, 6.07) is 9.90. The number of carbonyl (C=O) groups excluding carboxylic acids is 2. The van der Waals surface area contributed by atoms with E-state index in [-0.39, 0.29) is 17.5 Å². The Morgan fingerprint density at radius 1 is 1.13 bits per heavy atom. The molecule has 120 valence electrons. The molecule has 0 saturated heterocycles. The Morgan fingerprint density at radius 3 is 2.52 bits per heavy atom. The van der Waals surface area contributed by atoms with E-state index in [1.807, 2.05) is 0 Å². The molecule has 2 aromatic rings. The van der Waals surface area contributed by atoms with E-state index in [1.54, 1.807) is 6.07 Å². The largest absolute Gasteiger partial charge is 0.467 e. The molecule has 2 aromatic carbocycles. The maximum atomic E-state index is 13.7. The Morgan fingerprint density at radius 2 is 1.87 bits per heavy atom. The second-order valence-electron chi connectivity index (χ2n) is 4.86. The molecule has 1 N–H and O–H groups in total. The molecule has 0 aliphatic carbocycles. The number of halogens is 2. The Kier molecular flexibility index (Phi) is 5.41. The predicted octanol–water partition coefficient (Wildman–Crippen LogP) is 2.48. The van der Waals surface area contributed by atoms with Gasteiger partial charge >= 0.3 is 5.97 Å². The minimum atomic E-state index is -1.08. The van der Waals surface area contributed by atoms with Crippen LogP contribution in [0.2, 0.25) is 0 Å². The molecule has 0 saturated carbocycles. The first-order chi connectivity index (χ1) is 11.0. The lowest BCUT2D eigenvalue weighted by Crippen LogP contribution is -2.43. The fraction of sp³-hybridized carbons (Fsp3) is 0.176. The topological polar surface area (TPSA) is 55.4 Å². The number of rotatable bonds is 5. The smallest absolute Gasteiger partial charge is 0.328 e. The van der Waals surface area contributed by atoms with Crippen LogP contribution in [0.4, 0.5) is 8.78 Å². The average molecular weight is 319 g/mol. The fourth-order valence-corrected chi connectivity index (χ4v) is 2.09. The minimum Gasteiger partial charge on any atom is -0.467 e. The highest BCUT2D eigenvalue weighted by molar-refractivity contribution is 5.96. The van der Waals surface area contributed by atoms with Gasteiger partial charge in [0, 0.05) is 12.0 Å². The van der Waals surface area contributed by atoms with Crippen LogP contribution in [0, 0.1) is 11.6 Å². The van der Waals surface area contributed by atoms with E-state index in [0.717, 1.165) is 6.07 Å². The summed E-state index contributed by atoms with van der Waals surface area (Å²) in [4.78, 5) is 24.0. The highest BCUT2D eigenvalue weighted by atomic mass is 19.1. The number of benzene rings is 2. The Bertz CT molecular complexity index is 718. The van der Waals surface area contributed by atoms with E-state index in [2.05, 4.69) is 10.1 Å². The number of hydrogen-bond donors (Lipinski definition) is 1. The maximum absolute atomic E-state index is 13.7. The monoisotopic (exact) mass is 319 g/mol. The molecule has 23 heavy (non-hydrogen) atoms. The molecular formula is C17H15F2NO3. The summed E-state index contributed by atoms with van der Waals surface area (Å²) in [5.74, 6) is -2.41. The standard InChI is InChI=1S/C17H15F2NO3/c1-23-17(22)15(10-11-5-2-3-8-14(11)19)20-16(21)12-6-4-7-13(18)9-12/h2-9,15H,10H2,1H3,(H,20,21)/t15-/m0/s1. The number of esters is 1. The third kappa shape index (κ3) is 4.35. The van der Waals surface area contributed by atoms with Crippen molar-refractivity contribution in [1.82, 2.24) is 5.32 Å². The van der Waals surface area contributed by atoms with Crippen LogP contribution in [0.3, 0.4) is 0 Å². The summed E-state index contributed by atoms with van der Waals surface area (Å²) in [7, 11) is 1.17. The zero-order valence-corrected chi connectivity index (χ0v) is 12.4. The first-order valence-corrected chi connectivity index (χ1v) is 6.89. The Hall–Kier alpha value is -2.76. The lowest BCUT2D eigenvalue weighted by molar-refractivity contribution is -0.142. The second kappa shape index (κ2) is 7.49. The number of carbonyl (C=O) groups is 2. The number of methoxy groups -OCH3 is 1. The molecular weight excluding hydrogens is 304 g/mol. The summed E-state index contributed by atoms with van der Waals surface area (Å²) in [6.07, 6.45) is -0.0690. The highest BCUT2D eigenvalue weighted by Gasteiger charge is 2.23. The van der Waals surface area contributed by atoms with Crippen LogP contribution in [0.15, 0.2) is 48.5 Å². The van der Waals surface area contributed by atoms with Crippen molar-refractivity contribution in [2.75, 3.05) is 7.11 Å². The maximum Gasteiger partial charge on any atom is 0.328 e. The number of amides is 1. The van der Waals surface area contributed by atoms with Crippen LogP contribution in [0.25, 0.3) is 0 Å². The van der Waals surface area contributed by atoms with Crippen LogP contribution >= 0.6 is 0 Å². The van der Waals surface area contributed by atoms with Gasteiger partial charge in [-0.15, -0.1) is 0 Å². The number of nitrogens with one attached hydrogen (secondary N) is 1. The van der Waals surface area contributed by atoms with E-state index in [0.29, 0.717) is 0 Å². The summed E-state index contributed by atoms with van der Waals surface area (Å²) < 4.78 is 31.5. The van der Waals surface area contributed by atoms with Crippen LogP contribution in [-0.2, 0) is 16.0 Å². The van der Waals surface area contributed by atoms with Gasteiger partial charge in [-0.1, -0.05) is 24.3 Å². The number of hydrogen-bond acceptors (Lipinski definition) is 3. The summed E-state index contributed by atoms with van der Waals surface area (Å²) in [6.45, 7) is 0. The van der Waals surface area contributed by atoms with E-state index in [9.17, 15) is 18.4 Å². The number of ether oxygens (including phenoxy) is 1. The molecule has 0 spiro atoms. The van der Waals surface area contributed by atoms with Crippen molar-refractivity contribution in [3.05, 3.63) is 71.3 Å². The lowest BCUT2D eigenvalue weighted by atomic mass is 10.0. The molecule has 2 rings (SSSR count). The van der Waals surface area contributed by atoms with Crippen molar-refractivity contribution in [2.24, 2.45) is 0 Å². The van der Waals surface area contributed by atoms with Gasteiger partial charge in [0.15, 0.2) is 0 Å². The van der Waals surface area contributed by atoms with E-state index >= 15 is 0 Å². The Balaban J connectivity index is 2.17. The molecule has 0 fully saturated rings. The summed E-state index contributed by atoms with van der Waals surface area (Å²) in [5, 5.41) is 2.44. The molecule has 0 bridgehead atoms. The first-order valence-electron chi connectivity index (χ1n) is 6.89. The minimum absolute atomic E-state index is 0.0624. The normalized spacial score (nSPS) is 11.6. The zero-order valence-electron chi connectivity index (χ0n) is 12.4. The third-order valence-corrected chi connectivity index (χ3v) is 3.26. The van der Waals surface area contributed by atoms with Gasteiger partial charge in [0.25, 0.3) is 5.91 Å². The fourth-order valence-electron chi connectivity index (χ4n) is 2.09. The molecule has 0 unspecified atom stereocenters. The van der Waals surface area contributed by atoms with Crippen molar-refractivity contribution in [3.63, 3.8) is 0 Å². The van der Waals surface area contributed by atoms with Gasteiger partial charge in [-0.2, -0.15) is 0 Å². The average Bonchev–Trinajstić information content (AvgIpc) is 2.55. The van der Waals surface area contributed by atoms with Crippen LogP contribution in [0.1, 0.15) is 15.9 Å². The quantitative estimate of drug-likeness (QED) is 0.862. The van der Waals surface area contributed by atoms with Gasteiger partial charge in [0.05, 0.1) is 7.11 Å². The van der Waals surface area contributed by atoms with Gasteiger partial charge in [-0.3, -0.25) is 4.79 Å². The summed E-state index contributed by atoms with van der Waals surface area (Å²) in [5.41, 5.74) is 0.329. The van der Waals surface area contributed by atoms with Crippen molar-refractivity contribution in [3.8, 4) is 0 Å². The molecule has 0 aliphatic heterocycles. The van der Waals surface area contributed by atoms with Crippen LogP contribution in [0.5, 0.6) is 0 Å². The molecule has 0 heterocycles. The van der Waals surface area contributed by atoms with Crippen molar-refractivity contribution in [1.29, 1.82) is 0 Å². The molecule has 0 radical (unpaired) electrons. The SMILES string of the molecule is COC(=O)[C@H](Cc1ccccc1F)NC(=O)c1cccc(F)c1.